The first-order valence-corrected chi connectivity index (χ1v) is 7.02. The largest absolute Gasteiger partial charge is 0.380 e. The van der Waals surface area contributed by atoms with E-state index in [1.54, 1.807) is 7.11 Å². The highest BCUT2D eigenvalue weighted by Gasteiger charge is 2.32. The second-order valence-corrected chi connectivity index (χ2v) is 5.78. The SMILES string of the molecule is COCc1cccc(Br)c1C1(N)CCCCC1. The molecule has 1 aromatic carbocycles. The van der Waals surface area contributed by atoms with Gasteiger partial charge in [0.05, 0.1) is 6.61 Å². The average molecular weight is 298 g/mol. The van der Waals surface area contributed by atoms with Gasteiger partial charge in [-0.05, 0) is 30.0 Å². The predicted molar refractivity (Wildman–Crippen MR) is 73.8 cm³/mol. The first-order chi connectivity index (χ1) is 8.17. The van der Waals surface area contributed by atoms with Crippen molar-refractivity contribution in [3.8, 4) is 0 Å². The van der Waals surface area contributed by atoms with Crippen LogP contribution >= 0.6 is 15.9 Å². The predicted octanol–water partition coefficient (Wildman–Crippen LogP) is 3.71. The Hall–Kier alpha value is -0.380. The third kappa shape index (κ3) is 2.72. The minimum atomic E-state index is -0.174. The molecule has 1 aliphatic rings. The lowest BCUT2D eigenvalue weighted by Crippen LogP contribution is -2.40. The highest BCUT2D eigenvalue weighted by molar-refractivity contribution is 9.10. The molecule has 1 aromatic rings. The van der Waals surface area contributed by atoms with Crippen molar-refractivity contribution < 1.29 is 4.74 Å². The van der Waals surface area contributed by atoms with Crippen LogP contribution in [0.25, 0.3) is 0 Å². The van der Waals surface area contributed by atoms with Gasteiger partial charge in [-0.2, -0.15) is 0 Å². The van der Waals surface area contributed by atoms with Gasteiger partial charge in [-0.25, -0.2) is 0 Å². The average Bonchev–Trinajstić information content (AvgIpc) is 2.30. The molecular weight excluding hydrogens is 278 g/mol. The monoisotopic (exact) mass is 297 g/mol. The molecule has 0 aromatic heterocycles. The van der Waals surface area contributed by atoms with E-state index in [1.165, 1.54) is 30.4 Å². The van der Waals surface area contributed by atoms with Crippen LogP contribution in [0.5, 0.6) is 0 Å². The molecule has 1 aliphatic carbocycles. The minimum Gasteiger partial charge on any atom is -0.380 e. The fourth-order valence-electron chi connectivity index (χ4n) is 2.83. The maximum Gasteiger partial charge on any atom is 0.0716 e. The summed E-state index contributed by atoms with van der Waals surface area (Å²) in [6, 6.07) is 6.25. The fraction of sp³-hybridized carbons (Fsp3) is 0.571. The molecule has 2 nitrogen and oxygen atoms in total. The summed E-state index contributed by atoms with van der Waals surface area (Å²) >= 11 is 3.65. The van der Waals surface area contributed by atoms with Crippen molar-refractivity contribution in [3.05, 3.63) is 33.8 Å². The van der Waals surface area contributed by atoms with Crippen molar-refractivity contribution in [1.29, 1.82) is 0 Å². The van der Waals surface area contributed by atoms with Gasteiger partial charge in [0.2, 0.25) is 0 Å². The molecule has 0 atom stereocenters. The lowest BCUT2D eigenvalue weighted by atomic mass is 9.76. The Morgan fingerprint density at radius 1 is 1.29 bits per heavy atom. The molecular formula is C14H20BrNO. The molecule has 1 fully saturated rings. The normalized spacial score (nSPS) is 19.2. The zero-order chi connectivity index (χ0) is 12.3. The quantitative estimate of drug-likeness (QED) is 0.923. The van der Waals surface area contributed by atoms with Crippen LogP contribution in [0.2, 0.25) is 0 Å². The zero-order valence-electron chi connectivity index (χ0n) is 10.3. The van der Waals surface area contributed by atoms with Crippen molar-refractivity contribution in [2.24, 2.45) is 5.73 Å². The van der Waals surface area contributed by atoms with E-state index in [0.717, 1.165) is 17.3 Å². The number of hydrogen-bond donors (Lipinski definition) is 1. The van der Waals surface area contributed by atoms with Crippen LogP contribution in [0.1, 0.15) is 43.2 Å². The van der Waals surface area contributed by atoms with E-state index >= 15 is 0 Å². The molecule has 3 heteroatoms. The molecule has 0 heterocycles. The molecule has 94 valence electrons. The molecule has 2 N–H and O–H groups in total. The van der Waals surface area contributed by atoms with E-state index < -0.39 is 0 Å². The van der Waals surface area contributed by atoms with Gasteiger partial charge in [0.25, 0.3) is 0 Å². The van der Waals surface area contributed by atoms with Crippen LogP contribution in [0, 0.1) is 0 Å². The van der Waals surface area contributed by atoms with E-state index in [2.05, 4.69) is 28.1 Å². The zero-order valence-corrected chi connectivity index (χ0v) is 11.9. The van der Waals surface area contributed by atoms with Crippen molar-refractivity contribution in [1.82, 2.24) is 0 Å². The highest BCUT2D eigenvalue weighted by Crippen LogP contribution is 2.40. The van der Waals surface area contributed by atoms with Gasteiger partial charge in [-0.15, -0.1) is 0 Å². The highest BCUT2D eigenvalue weighted by atomic mass is 79.9. The van der Waals surface area contributed by atoms with E-state index in [9.17, 15) is 0 Å². The Morgan fingerprint density at radius 3 is 2.65 bits per heavy atom. The van der Waals surface area contributed by atoms with Gasteiger partial charge in [-0.1, -0.05) is 47.3 Å². The van der Waals surface area contributed by atoms with E-state index in [1.807, 2.05) is 6.07 Å². The number of methoxy groups -OCH3 is 1. The van der Waals surface area contributed by atoms with Crippen LogP contribution in [0.15, 0.2) is 22.7 Å². The molecule has 0 saturated heterocycles. The fourth-order valence-corrected chi connectivity index (χ4v) is 3.64. The first-order valence-electron chi connectivity index (χ1n) is 6.23. The van der Waals surface area contributed by atoms with Gasteiger partial charge >= 0.3 is 0 Å². The molecule has 0 radical (unpaired) electrons. The second-order valence-electron chi connectivity index (χ2n) is 4.92. The molecule has 1 saturated carbocycles. The molecule has 0 amide bonds. The molecule has 0 aliphatic heterocycles. The van der Waals surface area contributed by atoms with Gasteiger partial charge in [-0.3, -0.25) is 0 Å². The molecule has 17 heavy (non-hydrogen) atoms. The van der Waals surface area contributed by atoms with Gasteiger partial charge in [0.15, 0.2) is 0 Å². The van der Waals surface area contributed by atoms with Crippen LogP contribution < -0.4 is 5.73 Å². The number of hydrogen-bond acceptors (Lipinski definition) is 2. The number of rotatable bonds is 3. The lowest BCUT2D eigenvalue weighted by Gasteiger charge is -2.36. The summed E-state index contributed by atoms with van der Waals surface area (Å²) in [5.74, 6) is 0. The molecule has 2 rings (SSSR count). The van der Waals surface area contributed by atoms with Gasteiger partial charge in [0, 0.05) is 17.1 Å². The maximum absolute atomic E-state index is 6.63. The summed E-state index contributed by atoms with van der Waals surface area (Å²) in [4.78, 5) is 0. The third-order valence-corrected chi connectivity index (χ3v) is 4.30. The smallest absolute Gasteiger partial charge is 0.0716 e. The summed E-state index contributed by atoms with van der Waals surface area (Å²) in [6.07, 6.45) is 5.91. The third-order valence-electron chi connectivity index (χ3n) is 3.64. The first kappa shape index (κ1) is 13.1. The Labute approximate surface area is 112 Å². The van der Waals surface area contributed by atoms with Crippen LogP contribution in [0.4, 0.5) is 0 Å². The van der Waals surface area contributed by atoms with Crippen LogP contribution in [-0.2, 0) is 16.9 Å². The summed E-state index contributed by atoms with van der Waals surface area (Å²) in [7, 11) is 1.73. The van der Waals surface area contributed by atoms with Gasteiger partial charge < -0.3 is 10.5 Å². The Balaban J connectivity index is 2.41. The van der Waals surface area contributed by atoms with Crippen LogP contribution in [0.3, 0.4) is 0 Å². The summed E-state index contributed by atoms with van der Waals surface area (Å²) in [5, 5.41) is 0. The Bertz CT molecular complexity index is 386. The molecule has 0 bridgehead atoms. The van der Waals surface area contributed by atoms with Crippen molar-refractivity contribution in [3.63, 3.8) is 0 Å². The van der Waals surface area contributed by atoms with E-state index in [-0.39, 0.29) is 5.54 Å². The minimum absolute atomic E-state index is 0.174. The number of halogens is 1. The van der Waals surface area contributed by atoms with Crippen LogP contribution in [-0.4, -0.2) is 7.11 Å². The van der Waals surface area contributed by atoms with Crippen molar-refractivity contribution in [2.45, 2.75) is 44.2 Å². The second kappa shape index (κ2) is 5.51. The standard InChI is InChI=1S/C14H20BrNO/c1-17-10-11-6-5-7-12(15)13(11)14(16)8-3-2-4-9-14/h5-7H,2-4,8-10,16H2,1H3. The number of ether oxygens (including phenoxy) is 1. The Morgan fingerprint density at radius 2 is 2.00 bits per heavy atom. The number of nitrogens with two attached hydrogens (primary N) is 1. The van der Waals surface area contributed by atoms with Crippen molar-refractivity contribution in [2.75, 3.05) is 7.11 Å². The van der Waals surface area contributed by atoms with Gasteiger partial charge in [0.1, 0.15) is 0 Å². The number of benzene rings is 1. The molecule has 0 unspecified atom stereocenters. The topological polar surface area (TPSA) is 35.2 Å². The molecule has 0 spiro atoms. The van der Waals surface area contributed by atoms with E-state index in [0.29, 0.717) is 6.61 Å². The maximum atomic E-state index is 6.63. The lowest BCUT2D eigenvalue weighted by molar-refractivity contribution is 0.180. The Kier molecular flexibility index (Phi) is 4.23. The summed E-state index contributed by atoms with van der Waals surface area (Å²) < 4.78 is 6.40. The van der Waals surface area contributed by atoms with Crippen molar-refractivity contribution >= 4 is 15.9 Å². The summed E-state index contributed by atoms with van der Waals surface area (Å²) in [5.41, 5.74) is 8.92. The summed E-state index contributed by atoms with van der Waals surface area (Å²) in [6.45, 7) is 0.633. The van der Waals surface area contributed by atoms with E-state index in [4.69, 9.17) is 10.5 Å².